The molecular formula is C10H21ClCuN2. The number of rotatable bonds is 3. The molecule has 14 heavy (non-hydrogen) atoms. The van der Waals surface area contributed by atoms with Crippen LogP contribution in [0.2, 0.25) is 5.32 Å². The van der Waals surface area contributed by atoms with Crippen LogP contribution >= 0.6 is 10.1 Å². The first-order valence-corrected chi connectivity index (χ1v) is 7.53. The van der Waals surface area contributed by atoms with Gasteiger partial charge in [0.05, 0.1) is 0 Å². The predicted molar refractivity (Wildman–Crippen MR) is 60.3 cm³/mol. The van der Waals surface area contributed by atoms with E-state index in [4.69, 9.17) is 10.1 Å². The van der Waals surface area contributed by atoms with Crippen LogP contribution in [0.25, 0.3) is 0 Å². The van der Waals surface area contributed by atoms with Gasteiger partial charge in [-0.25, -0.2) is 0 Å². The maximum absolute atomic E-state index is 6.40. The Morgan fingerprint density at radius 2 is 2.07 bits per heavy atom. The molecule has 0 aromatic carbocycles. The molecule has 0 atom stereocenters. The monoisotopic (exact) mass is 267 g/mol. The van der Waals surface area contributed by atoms with Crippen molar-refractivity contribution in [1.82, 2.24) is 10.2 Å². The molecule has 1 N–H and O–H groups in total. The van der Waals surface area contributed by atoms with Gasteiger partial charge in [0.1, 0.15) is 0 Å². The van der Waals surface area contributed by atoms with Crippen LogP contribution in [0.3, 0.4) is 0 Å². The van der Waals surface area contributed by atoms with E-state index in [1.54, 1.807) is 0 Å². The van der Waals surface area contributed by atoms with Crippen molar-refractivity contribution in [2.75, 3.05) is 13.1 Å². The summed E-state index contributed by atoms with van der Waals surface area (Å²) in [5.74, 6) is 0.663. The molecule has 1 aliphatic heterocycles. The molecule has 0 spiro atoms. The molecule has 1 rings (SSSR count). The van der Waals surface area contributed by atoms with Gasteiger partial charge in [0.15, 0.2) is 0 Å². The average molecular weight is 268 g/mol. The predicted octanol–water partition coefficient (Wildman–Crippen LogP) is 2.23. The maximum atomic E-state index is 6.40. The summed E-state index contributed by atoms with van der Waals surface area (Å²) in [6, 6.07) is 0.555. The molecule has 1 saturated heterocycles. The summed E-state index contributed by atoms with van der Waals surface area (Å²) < 4.78 is 1.25. The van der Waals surface area contributed by atoms with E-state index >= 15 is 0 Å². The average Bonchev–Trinajstić information content (AvgIpc) is 2.49. The Hall–Kier alpha value is 0.599. The molecule has 0 radical (unpaired) electrons. The fraction of sp³-hybridized carbons (Fsp3) is 0.900. The molecule has 0 aromatic rings. The van der Waals surface area contributed by atoms with Gasteiger partial charge in [-0.2, -0.15) is 0 Å². The summed E-state index contributed by atoms with van der Waals surface area (Å²) in [5.41, 5.74) is 0. The van der Waals surface area contributed by atoms with Gasteiger partial charge in [0.25, 0.3) is 0 Å². The summed E-state index contributed by atoms with van der Waals surface area (Å²) in [6.45, 7) is 11.0. The van der Waals surface area contributed by atoms with Crippen molar-refractivity contribution in [3.8, 4) is 0 Å². The van der Waals surface area contributed by atoms with Crippen molar-refractivity contribution in [2.24, 2.45) is 5.92 Å². The van der Waals surface area contributed by atoms with Crippen molar-refractivity contribution < 1.29 is 12.6 Å². The van der Waals surface area contributed by atoms with Gasteiger partial charge in [-0.05, 0) is 0 Å². The first kappa shape index (κ1) is 12.7. The van der Waals surface area contributed by atoms with Crippen molar-refractivity contribution in [3.63, 3.8) is 0 Å². The number of halogens is 1. The van der Waals surface area contributed by atoms with Crippen LogP contribution in [0.4, 0.5) is 0 Å². The van der Waals surface area contributed by atoms with Gasteiger partial charge in [0.2, 0.25) is 0 Å². The summed E-state index contributed by atoms with van der Waals surface area (Å²) in [7, 11) is 6.40. The van der Waals surface area contributed by atoms with E-state index in [1.165, 1.54) is 4.67 Å². The summed E-state index contributed by atoms with van der Waals surface area (Å²) in [5, 5.41) is 4.48. The third kappa shape index (κ3) is 3.32. The van der Waals surface area contributed by atoms with Gasteiger partial charge in [-0.1, -0.05) is 0 Å². The zero-order valence-corrected chi connectivity index (χ0v) is 11.1. The van der Waals surface area contributed by atoms with Gasteiger partial charge in [0, 0.05) is 0 Å². The van der Waals surface area contributed by atoms with E-state index in [0.717, 1.165) is 18.4 Å². The van der Waals surface area contributed by atoms with E-state index in [-0.39, 0.29) is 12.6 Å². The molecule has 0 saturated carbocycles. The SMILES string of the molecule is CC(C)[CH2][Cu]([Cl])=[C]1NCCN1C(C)C. The van der Waals surface area contributed by atoms with Gasteiger partial charge >= 0.3 is 95.6 Å². The number of nitrogens with one attached hydrogen (secondary N) is 1. The first-order chi connectivity index (χ1) is 6.52. The summed E-state index contributed by atoms with van der Waals surface area (Å²) in [6.07, 6.45) is 0. The number of nitrogens with zero attached hydrogens (tertiary/aromatic N) is 1. The van der Waals surface area contributed by atoms with Crippen LogP contribution in [0.1, 0.15) is 27.7 Å². The molecular weight excluding hydrogens is 247 g/mol. The quantitative estimate of drug-likeness (QED) is 0.790. The van der Waals surface area contributed by atoms with Crippen LogP contribution in [0, 0.1) is 5.92 Å². The number of hydrogen-bond acceptors (Lipinski definition) is 2. The van der Waals surface area contributed by atoms with Crippen LogP contribution in [-0.2, 0) is 12.6 Å². The molecule has 4 heteroatoms. The second-order valence-electron chi connectivity index (χ2n) is 4.23. The van der Waals surface area contributed by atoms with E-state index in [0.29, 0.717) is 12.0 Å². The molecule has 0 aliphatic carbocycles. The van der Waals surface area contributed by atoms with Crippen LogP contribution in [-0.4, -0.2) is 28.7 Å². The molecule has 0 amide bonds. The normalized spacial score (nSPS) is 25.1. The second-order valence-corrected chi connectivity index (χ2v) is 6.96. The van der Waals surface area contributed by atoms with E-state index in [9.17, 15) is 0 Å². The topological polar surface area (TPSA) is 15.3 Å². The fourth-order valence-corrected chi connectivity index (χ4v) is 4.35. The Morgan fingerprint density at radius 1 is 1.43 bits per heavy atom. The molecule has 1 heterocycles. The summed E-state index contributed by atoms with van der Waals surface area (Å²) >= 11 is -0.0536. The third-order valence-electron chi connectivity index (χ3n) is 1.97. The second kappa shape index (κ2) is 5.62. The van der Waals surface area contributed by atoms with Gasteiger partial charge in [-0.3, -0.25) is 0 Å². The van der Waals surface area contributed by atoms with Gasteiger partial charge in [-0.15, -0.1) is 0 Å². The Morgan fingerprint density at radius 3 is 2.57 bits per heavy atom. The van der Waals surface area contributed by atoms with Crippen molar-refractivity contribution in [2.45, 2.75) is 39.1 Å². The molecule has 0 unspecified atom stereocenters. The molecule has 1 fully saturated rings. The van der Waals surface area contributed by atoms with Gasteiger partial charge < -0.3 is 0 Å². The molecule has 0 aromatic heterocycles. The van der Waals surface area contributed by atoms with Crippen LogP contribution < -0.4 is 5.32 Å². The fourth-order valence-electron chi connectivity index (χ4n) is 1.35. The molecule has 2 nitrogen and oxygen atoms in total. The van der Waals surface area contributed by atoms with Crippen LogP contribution in [0.5, 0.6) is 0 Å². The third-order valence-corrected chi connectivity index (χ3v) is 4.83. The Kier molecular flexibility index (Phi) is 5.09. The van der Waals surface area contributed by atoms with Crippen molar-refractivity contribution >= 4 is 14.8 Å². The number of hydrogen-bond donors (Lipinski definition) is 1. The molecule has 89 valence electrons. The Balaban J connectivity index is 2.73. The van der Waals surface area contributed by atoms with E-state index in [1.807, 2.05) is 0 Å². The Labute approximate surface area is 95.6 Å². The minimum atomic E-state index is -0.0536. The zero-order valence-electron chi connectivity index (χ0n) is 9.40. The molecule has 0 bridgehead atoms. The first-order valence-electron chi connectivity index (χ1n) is 5.10. The van der Waals surface area contributed by atoms with E-state index < -0.39 is 0 Å². The molecule has 1 aliphatic rings. The Bertz CT molecular complexity index is 226. The zero-order chi connectivity index (χ0) is 10.7. The van der Waals surface area contributed by atoms with Crippen LogP contribution in [0.15, 0.2) is 0 Å². The van der Waals surface area contributed by atoms with E-state index in [2.05, 4.69) is 37.9 Å². The van der Waals surface area contributed by atoms with Crippen molar-refractivity contribution in [1.29, 1.82) is 0 Å². The standard InChI is InChI=1S/C6H12N2.C4H9.ClH.Cu/c1-6(2)8-4-3-7-5-8;1-4(2)3;;/h6-7H,3-4H2,1-2H3;4H,1H2,2-3H3;1H;/q;;;+1/p-1. The summed E-state index contributed by atoms with van der Waals surface area (Å²) in [4.78, 5) is 2.38. The van der Waals surface area contributed by atoms with Crippen molar-refractivity contribution in [3.05, 3.63) is 0 Å². The minimum absolute atomic E-state index is 0.0536.